The quantitative estimate of drug-likeness (QED) is 0.853. The number of nitrogens with zero attached hydrogens (tertiary/aromatic N) is 2. The fraction of sp³-hybridized carbons (Fsp3) is 0.700. The van der Waals surface area contributed by atoms with Gasteiger partial charge in [0.25, 0.3) is 0 Å². The van der Waals surface area contributed by atoms with Crippen molar-refractivity contribution < 1.29 is 14.3 Å². The van der Waals surface area contributed by atoms with Crippen molar-refractivity contribution in [3.05, 3.63) is 21.9 Å². The molecular formula is C20H29N3O3S. The zero-order valence-corrected chi connectivity index (χ0v) is 17.0. The Labute approximate surface area is 164 Å². The minimum absolute atomic E-state index is 0.0182. The number of piperidine rings is 1. The molecule has 1 aromatic rings. The summed E-state index contributed by atoms with van der Waals surface area (Å²) in [6, 6.07) is 2.10. The Kier molecular flexibility index (Phi) is 5.27. The Hall–Kier alpha value is -1.44. The first-order valence-corrected chi connectivity index (χ1v) is 10.9. The van der Waals surface area contributed by atoms with E-state index in [2.05, 4.69) is 35.5 Å². The van der Waals surface area contributed by atoms with E-state index >= 15 is 0 Å². The predicted octanol–water partition coefficient (Wildman–Crippen LogP) is 1.74. The largest absolute Gasteiger partial charge is 0.370 e. The van der Waals surface area contributed by atoms with E-state index in [0.717, 1.165) is 32.4 Å². The second-order valence-corrected chi connectivity index (χ2v) is 9.07. The first kappa shape index (κ1) is 18.9. The van der Waals surface area contributed by atoms with Gasteiger partial charge in [0.05, 0.1) is 24.7 Å². The summed E-state index contributed by atoms with van der Waals surface area (Å²) in [5.74, 6) is 0.0641. The molecule has 0 bridgehead atoms. The van der Waals surface area contributed by atoms with Crippen LogP contribution in [0.25, 0.3) is 0 Å². The average Bonchev–Trinajstić information content (AvgIpc) is 3.14. The summed E-state index contributed by atoms with van der Waals surface area (Å²) in [5, 5.41) is 5.06. The molecule has 4 rings (SSSR count). The van der Waals surface area contributed by atoms with Gasteiger partial charge >= 0.3 is 0 Å². The Balaban J connectivity index is 1.40. The second kappa shape index (κ2) is 7.53. The van der Waals surface area contributed by atoms with Crippen molar-refractivity contribution in [2.45, 2.75) is 57.2 Å². The van der Waals surface area contributed by atoms with Crippen LogP contribution in [0.3, 0.4) is 0 Å². The number of hydrogen-bond donors (Lipinski definition) is 1. The first-order chi connectivity index (χ1) is 13.0. The van der Waals surface area contributed by atoms with Crippen molar-refractivity contribution in [1.82, 2.24) is 15.1 Å². The van der Waals surface area contributed by atoms with E-state index in [-0.39, 0.29) is 35.9 Å². The van der Waals surface area contributed by atoms with Crippen molar-refractivity contribution in [3.63, 3.8) is 0 Å². The van der Waals surface area contributed by atoms with E-state index in [4.69, 9.17) is 4.74 Å². The van der Waals surface area contributed by atoms with Crippen molar-refractivity contribution in [2.75, 3.05) is 32.8 Å². The lowest BCUT2D eigenvalue weighted by atomic mass is 9.82. The molecule has 0 aromatic carbocycles. The normalized spacial score (nSPS) is 25.5. The van der Waals surface area contributed by atoms with Gasteiger partial charge in [-0.3, -0.25) is 14.5 Å². The molecule has 7 heteroatoms. The standard InChI is InChI=1S/C20H29N3O3S/c1-14(2)23-10-7-21-19(25)16(23)13-18(24)22-8-5-20(6-9-22)15-4-12-27-17(15)3-11-26-20/h4,12,14,16H,3,5-11,13H2,1-2H3,(H,21,25). The number of ether oxygens (including phenoxy) is 1. The smallest absolute Gasteiger partial charge is 0.237 e. The summed E-state index contributed by atoms with van der Waals surface area (Å²) in [7, 11) is 0. The minimum Gasteiger partial charge on any atom is -0.370 e. The number of nitrogens with one attached hydrogen (secondary N) is 1. The highest BCUT2D eigenvalue weighted by molar-refractivity contribution is 7.10. The van der Waals surface area contributed by atoms with Gasteiger partial charge in [-0.15, -0.1) is 11.3 Å². The molecule has 6 nitrogen and oxygen atoms in total. The van der Waals surface area contributed by atoms with Crippen molar-refractivity contribution in [2.24, 2.45) is 0 Å². The first-order valence-electron chi connectivity index (χ1n) is 10.0. The fourth-order valence-electron chi connectivity index (χ4n) is 4.74. The highest BCUT2D eigenvalue weighted by Gasteiger charge is 2.43. The van der Waals surface area contributed by atoms with Gasteiger partial charge in [0.15, 0.2) is 0 Å². The van der Waals surface area contributed by atoms with Crippen LogP contribution in [-0.2, 0) is 26.3 Å². The number of fused-ring (bicyclic) bond motifs is 2. The summed E-state index contributed by atoms with van der Waals surface area (Å²) in [6.07, 6.45) is 2.95. The molecule has 2 saturated heterocycles. The molecule has 3 aliphatic heterocycles. The lowest BCUT2D eigenvalue weighted by Gasteiger charge is -2.44. The van der Waals surface area contributed by atoms with Crippen molar-refractivity contribution >= 4 is 23.2 Å². The third-order valence-corrected chi connectivity index (χ3v) is 7.25. The van der Waals surface area contributed by atoms with Crippen LogP contribution in [0.5, 0.6) is 0 Å². The summed E-state index contributed by atoms with van der Waals surface area (Å²) in [5.41, 5.74) is 1.12. The molecule has 0 saturated carbocycles. The molecule has 0 aliphatic carbocycles. The SMILES string of the molecule is CC(C)N1CCNC(=O)C1CC(=O)N1CCC2(CC1)OCCc1sccc12. The Morgan fingerprint density at radius 3 is 2.89 bits per heavy atom. The van der Waals surface area contributed by atoms with Gasteiger partial charge in [0.2, 0.25) is 11.8 Å². The summed E-state index contributed by atoms with van der Waals surface area (Å²) < 4.78 is 6.23. The van der Waals surface area contributed by atoms with Crippen molar-refractivity contribution in [1.29, 1.82) is 0 Å². The van der Waals surface area contributed by atoms with E-state index in [0.29, 0.717) is 19.6 Å². The fourth-order valence-corrected chi connectivity index (χ4v) is 5.69. The topological polar surface area (TPSA) is 61.9 Å². The van der Waals surface area contributed by atoms with Gasteiger partial charge in [-0.2, -0.15) is 0 Å². The number of piperazine rings is 1. The maximum atomic E-state index is 12.9. The lowest BCUT2D eigenvalue weighted by molar-refractivity contribution is -0.145. The zero-order valence-electron chi connectivity index (χ0n) is 16.2. The number of likely N-dealkylation sites (tertiary alicyclic amines) is 1. The lowest BCUT2D eigenvalue weighted by Crippen LogP contribution is -2.59. The molecular weight excluding hydrogens is 362 g/mol. The van der Waals surface area contributed by atoms with E-state index in [1.807, 2.05) is 16.2 Å². The summed E-state index contributed by atoms with van der Waals surface area (Å²) in [4.78, 5) is 30.8. The van der Waals surface area contributed by atoms with Crippen LogP contribution < -0.4 is 5.32 Å². The monoisotopic (exact) mass is 391 g/mol. The molecule has 0 radical (unpaired) electrons. The molecule has 2 fully saturated rings. The molecule has 1 atom stereocenters. The van der Waals surface area contributed by atoms with Crippen LogP contribution in [0.2, 0.25) is 0 Å². The number of thiophene rings is 1. The third-order valence-electron chi connectivity index (χ3n) is 6.27. The highest BCUT2D eigenvalue weighted by atomic mass is 32.1. The minimum atomic E-state index is -0.350. The summed E-state index contributed by atoms with van der Waals surface area (Å²) >= 11 is 1.82. The Morgan fingerprint density at radius 1 is 1.37 bits per heavy atom. The Morgan fingerprint density at radius 2 is 2.15 bits per heavy atom. The molecule has 2 amide bonds. The van der Waals surface area contributed by atoms with Crippen LogP contribution in [-0.4, -0.2) is 66.5 Å². The van der Waals surface area contributed by atoms with Gasteiger partial charge in [-0.05, 0) is 43.7 Å². The molecule has 4 heterocycles. The molecule has 148 valence electrons. The van der Waals surface area contributed by atoms with Gasteiger partial charge in [0, 0.05) is 43.5 Å². The van der Waals surface area contributed by atoms with Crippen molar-refractivity contribution in [3.8, 4) is 0 Å². The van der Waals surface area contributed by atoms with E-state index < -0.39 is 0 Å². The molecule has 27 heavy (non-hydrogen) atoms. The Bertz CT molecular complexity index is 709. The van der Waals surface area contributed by atoms with Crippen LogP contribution in [0, 0.1) is 0 Å². The van der Waals surface area contributed by atoms with E-state index in [1.54, 1.807) is 0 Å². The number of rotatable bonds is 3. The average molecular weight is 392 g/mol. The van der Waals surface area contributed by atoms with E-state index in [9.17, 15) is 9.59 Å². The maximum absolute atomic E-state index is 12.9. The zero-order chi connectivity index (χ0) is 19.0. The molecule has 3 aliphatic rings. The van der Waals surface area contributed by atoms with Crippen LogP contribution in [0.15, 0.2) is 11.4 Å². The maximum Gasteiger partial charge on any atom is 0.237 e. The number of carbonyl (C=O) groups excluding carboxylic acids is 2. The highest BCUT2D eigenvalue weighted by Crippen LogP contribution is 2.43. The number of carbonyl (C=O) groups is 2. The third kappa shape index (κ3) is 3.52. The predicted molar refractivity (Wildman–Crippen MR) is 105 cm³/mol. The van der Waals surface area contributed by atoms with Crippen LogP contribution in [0.1, 0.15) is 43.6 Å². The van der Waals surface area contributed by atoms with E-state index in [1.165, 1.54) is 10.4 Å². The second-order valence-electron chi connectivity index (χ2n) is 8.07. The van der Waals surface area contributed by atoms with Gasteiger partial charge in [-0.25, -0.2) is 0 Å². The molecule has 1 N–H and O–H groups in total. The van der Waals surface area contributed by atoms with Gasteiger partial charge in [-0.1, -0.05) is 0 Å². The molecule has 1 unspecified atom stereocenters. The number of amides is 2. The van der Waals surface area contributed by atoms with Crippen LogP contribution >= 0.6 is 11.3 Å². The number of hydrogen-bond acceptors (Lipinski definition) is 5. The molecule has 1 spiro atoms. The summed E-state index contributed by atoms with van der Waals surface area (Å²) in [6.45, 7) is 7.80. The van der Waals surface area contributed by atoms with Gasteiger partial charge in [0.1, 0.15) is 0 Å². The molecule has 1 aromatic heterocycles. The van der Waals surface area contributed by atoms with Crippen LogP contribution in [0.4, 0.5) is 0 Å². The van der Waals surface area contributed by atoms with Gasteiger partial charge < -0.3 is 15.0 Å².